The van der Waals surface area contributed by atoms with E-state index >= 15 is 0 Å². The molecule has 5 rings (SSSR count). The molecule has 50 heavy (non-hydrogen) atoms. The van der Waals surface area contributed by atoms with Crippen molar-refractivity contribution in [2.75, 3.05) is 11.4 Å². The van der Waals surface area contributed by atoms with Crippen LogP contribution >= 0.6 is 11.6 Å². The van der Waals surface area contributed by atoms with Crippen LogP contribution in [-0.2, 0) is 36.8 Å². The van der Waals surface area contributed by atoms with Crippen LogP contribution in [0.3, 0.4) is 0 Å². The summed E-state index contributed by atoms with van der Waals surface area (Å²) in [4.78, 5) is 72.9. The van der Waals surface area contributed by atoms with Crippen LogP contribution in [0, 0.1) is 5.41 Å². The van der Waals surface area contributed by atoms with Crippen molar-refractivity contribution in [2.45, 2.75) is 89.9 Å². The molecule has 0 spiro atoms. The number of carboxylic acid groups (broad SMARTS) is 1. The summed E-state index contributed by atoms with van der Waals surface area (Å²) in [6.45, 7) is 3.69. The molecule has 2 aromatic carbocycles. The zero-order chi connectivity index (χ0) is 35.8. The maximum atomic E-state index is 14.4. The number of amides is 4. The smallest absolute Gasteiger partial charge is 0.326 e. The van der Waals surface area contributed by atoms with Crippen molar-refractivity contribution < 1.29 is 29.1 Å². The lowest BCUT2D eigenvalue weighted by Gasteiger charge is -2.32. The molecule has 0 radical (unpaired) electrons. The monoisotopic (exact) mass is 701 g/mol. The molecule has 1 aliphatic carbocycles. The Bertz CT molecular complexity index is 1680. The fourth-order valence-electron chi connectivity index (χ4n) is 7.15. The predicted octanol–water partition coefficient (Wildman–Crippen LogP) is 5.22. The number of pyridine rings is 1. The van der Waals surface area contributed by atoms with Gasteiger partial charge < -0.3 is 20.6 Å². The maximum absolute atomic E-state index is 14.4. The Hall–Kier alpha value is -4.77. The number of benzene rings is 2. The van der Waals surface area contributed by atoms with E-state index in [0.717, 1.165) is 24.0 Å². The number of carbonyl (C=O) groups is 5. The summed E-state index contributed by atoms with van der Waals surface area (Å²) in [5.41, 5.74) is 2.02. The number of aromatic nitrogens is 1. The summed E-state index contributed by atoms with van der Waals surface area (Å²) < 4.78 is 0. The second-order valence-corrected chi connectivity index (χ2v) is 13.7. The quantitative estimate of drug-likeness (QED) is 0.209. The van der Waals surface area contributed by atoms with Crippen LogP contribution in [0.15, 0.2) is 73.1 Å². The second-order valence-electron chi connectivity index (χ2n) is 13.2. The Labute approximate surface area is 297 Å². The molecule has 1 aliphatic heterocycles. The Morgan fingerprint density at radius 3 is 2.32 bits per heavy atom. The number of carboxylic acids is 1. The van der Waals surface area contributed by atoms with E-state index in [0.29, 0.717) is 48.5 Å². The highest BCUT2D eigenvalue weighted by molar-refractivity contribution is 6.30. The fourth-order valence-corrected chi connectivity index (χ4v) is 7.27. The number of nitrogens with zero attached hydrogens (tertiary/aromatic N) is 3. The summed E-state index contributed by atoms with van der Waals surface area (Å²) >= 11 is 6.22. The van der Waals surface area contributed by atoms with Crippen LogP contribution in [0.2, 0.25) is 5.02 Å². The van der Waals surface area contributed by atoms with Crippen molar-refractivity contribution in [2.24, 2.45) is 5.41 Å². The third kappa shape index (κ3) is 8.33. The SMILES string of the molecule is CCCC(=O)N1C(c2ccc(Cl)cc2)N(c2ccc(CC(NC(=O)C3(CCNC(C)=O)CCCC3)C(=O)O)cc2)C(=O)[C@H]1Cc1cccnc1. The van der Waals surface area contributed by atoms with Gasteiger partial charge in [0.05, 0.1) is 5.41 Å². The Kier molecular flexibility index (Phi) is 11.9. The molecule has 264 valence electrons. The molecule has 12 heteroatoms. The van der Waals surface area contributed by atoms with Gasteiger partial charge in [0.1, 0.15) is 18.2 Å². The minimum absolute atomic E-state index is 0.0302. The van der Waals surface area contributed by atoms with E-state index in [1.54, 1.807) is 64.7 Å². The molecule has 2 aliphatic rings. The summed E-state index contributed by atoms with van der Waals surface area (Å²) in [5.74, 6) is -2.04. The van der Waals surface area contributed by atoms with Gasteiger partial charge in [-0.2, -0.15) is 0 Å². The lowest BCUT2D eigenvalue weighted by Crippen LogP contribution is -2.49. The summed E-state index contributed by atoms with van der Waals surface area (Å²) in [7, 11) is 0. The Morgan fingerprint density at radius 1 is 1.02 bits per heavy atom. The first kappa shape index (κ1) is 36.5. The maximum Gasteiger partial charge on any atom is 0.326 e. The van der Waals surface area contributed by atoms with Gasteiger partial charge in [-0.15, -0.1) is 0 Å². The zero-order valence-corrected chi connectivity index (χ0v) is 29.2. The summed E-state index contributed by atoms with van der Waals surface area (Å²) in [5, 5.41) is 16.2. The number of hydrogen-bond acceptors (Lipinski definition) is 6. The number of hydrogen-bond donors (Lipinski definition) is 3. The largest absolute Gasteiger partial charge is 0.480 e. The zero-order valence-electron chi connectivity index (χ0n) is 28.4. The van der Waals surface area contributed by atoms with E-state index in [9.17, 15) is 29.1 Å². The third-order valence-corrected chi connectivity index (χ3v) is 9.97. The van der Waals surface area contributed by atoms with Gasteiger partial charge in [-0.3, -0.25) is 29.1 Å². The molecule has 11 nitrogen and oxygen atoms in total. The minimum atomic E-state index is -1.17. The number of halogens is 1. The van der Waals surface area contributed by atoms with E-state index < -0.39 is 29.6 Å². The topological polar surface area (TPSA) is 149 Å². The average molecular weight is 702 g/mol. The number of nitrogens with one attached hydrogen (secondary N) is 2. The van der Waals surface area contributed by atoms with Crippen LogP contribution in [-0.4, -0.2) is 63.2 Å². The van der Waals surface area contributed by atoms with Crippen molar-refractivity contribution in [3.8, 4) is 0 Å². The van der Waals surface area contributed by atoms with Crippen LogP contribution < -0.4 is 15.5 Å². The van der Waals surface area contributed by atoms with Crippen LogP contribution in [0.25, 0.3) is 0 Å². The van der Waals surface area contributed by atoms with Gasteiger partial charge in [-0.25, -0.2) is 4.79 Å². The second kappa shape index (κ2) is 16.3. The van der Waals surface area contributed by atoms with Crippen LogP contribution in [0.1, 0.15) is 81.6 Å². The average Bonchev–Trinajstić information content (AvgIpc) is 3.69. The molecule has 1 aromatic heterocycles. The molecule has 0 bridgehead atoms. The molecular weight excluding hydrogens is 658 g/mol. The Balaban J connectivity index is 1.41. The van der Waals surface area contributed by atoms with Crippen LogP contribution in [0.5, 0.6) is 0 Å². The van der Waals surface area contributed by atoms with Crippen molar-refractivity contribution in [1.82, 2.24) is 20.5 Å². The minimum Gasteiger partial charge on any atom is -0.480 e. The van der Waals surface area contributed by atoms with Gasteiger partial charge in [0.2, 0.25) is 17.7 Å². The molecular formula is C38H44ClN5O6. The number of carbonyl (C=O) groups excluding carboxylic acids is 4. The lowest BCUT2D eigenvalue weighted by atomic mass is 9.81. The normalized spacial score (nSPS) is 18.9. The lowest BCUT2D eigenvalue weighted by molar-refractivity contribution is -0.144. The highest BCUT2D eigenvalue weighted by atomic mass is 35.5. The standard InChI is InChI=1S/C38H44ClN5O6/c1-3-7-33(46)44-32(23-27-8-6-20-40-24-27)35(47)43(34(44)28-11-13-29(39)14-12-28)30-15-9-26(10-16-30)22-31(36(48)49)42-37(50)38(17-4-5-18-38)19-21-41-25(2)45/h6,8-16,20,24,31-32,34H,3-5,7,17-19,21-23H2,1-2H3,(H,41,45)(H,42,50)(H,48,49)/t31?,32-,34?/m1/s1. The van der Waals surface area contributed by atoms with Gasteiger partial charge >= 0.3 is 5.97 Å². The molecule has 3 N–H and O–H groups in total. The Morgan fingerprint density at radius 2 is 1.72 bits per heavy atom. The van der Waals surface area contributed by atoms with E-state index in [4.69, 9.17) is 11.6 Å². The predicted molar refractivity (Wildman–Crippen MR) is 189 cm³/mol. The summed E-state index contributed by atoms with van der Waals surface area (Å²) in [6.07, 6.45) is 7.26. The molecule has 1 saturated heterocycles. The first-order valence-corrected chi connectivity index (χ1v) is 17.6. The van der Waals surface area contributed by atoms with Gasteiger partial charge in [-0.1, -0.05) is 61.7 Å². The summed E-state index contributed by atoms with van der Waals surface area (Å²) in [6, 6.07) is 15.8. The van der Waals surface area contributed by atoms with E-state index in [2.05, 4.69) is 15.6 Å². The first-order chi connectivity index (χ1) is 24.0. The van der Waals surface area contributed by atoms with E-state index in [1.165, 1.54) is 6.92 Å². The molecule has 2 fully saturated rings. The van der Waals surface area contributed by atoms with Gasteiger partial charge in [0, 0.05) is 55.8 Å². The first-order valence-electron chi connectivity index (χ1n) is 17.2. The van der Waals surface area contributed by atoms with Crippen molar-refractivity contribution in [3.05, 3.63) is 94.8 Å². The molecule has 2 heterocycles. The van der Waals surface area contributed by atoms with E-state index in [1.807, 2.05) is 25.1 Å². The third-order valence-electron chi connectivity index (χ3n) is 9.72. The molecule has 1 saturated carbocycles. The molecule has 4 amide bonds. The number of anilines is 1. The van der Waals surface area contributed by atoms with Gasteiger partial charge in [-0.05, 0) is 72.7 Å². The van der Waals surface area contributed by atoms with Crippen molar-refractivity contribution in [3.63, 3.8) is 0 Å². The number of rotatable bonds is 14. The van der Waals surface area contributed by atoms with Gasteiger partial charge in [0.15, 0.2) is 0 Å². The van der Waals surface area contributed by atoms with Crippen molar-refractivity contribution >= 4 is 46.9 Å². The highest BCUT2D eigenvalue weighted by Crippen LogP contribution is 2.42. The van der Waals surface area contributed by atoms with Gasteiger partial charge in [0.25, 0.3) is 5.91 Å². The highest BCUT2D eigenvalue weighted by Gasteiger charge is 2.49. The molecule has 2 unspecified atom stereocenters. The fraction of sp³-hybridized carbons (Fsp3) is 0.421. The number of aliphatic carboxylic acids is 1. The van der Waals surface area contributed by atoms with E-state index in [-0.39, 0.29) is 42.9 Å². The molecule has 3 atom stereocenters. The van der Waals surface area contributed by atoms with Crippen LogP contribution in [0.4, 0.5) is 5.69 Å². The van der Waals surface area contributed by atoms with Crippen molar-refractivity contribution in [1.29, 1.82) is 0 Å². The molecule has 3 aromatic rings.